The number of aromatic nitrogens is 2. The normalized spacial score (nSPS) is 18.3. The molecule has 33 heavy (non-hydrogen) atoms. The van der Waals surface area contributed by atoms with Gasteiger partial charge in [0, 0.05) is 11.7 Å². The van der Waals surface area contributed by atoms with Gasteiger partial charge in [0.2, 0.25) is 0 Å². The van der Waals surface area contributed by atoms with Crippen LogP contribution in [0.15, 0.2) is 24.4 Å². The number of amides is 2. The van der Waals surface area contributed by atoms with Crippen LogP contribution in [0.2, 0.25) is 0 Å². The van der Waals surface area contributed by atoms with Crippen LogP contribution in [0, 0.1) is 13.8 Å². The molecular weight excluding hydrogens is 420 g/mol. The molecule has 1 fully saturated rings. The summed E-state index contributed by atoms with van der Waals surface area (Å²) in [6.07, 6.45) is 4.98. The number of nitrogens with two attached hydrogens (primary N) is 1. The number of nitrogens with zero attached hydrogens (tertiary/aromatic N) is 2. The Morgan fingerprint density at radius 3 is 2.42 bits per heavy atom. The van der Waals surface area contributed by atoms with Crippen molar-refractivity contribution in [3.63, 3.8) is 0 Å². The van der Waals surface area contributed by atoms with Gasteiger partial charge in [-0.15, -0.1) is 0 Å². The first-order valence-corrected chi connectivity index (χ1v) is 11.3. The van der Waals surface area contributed by atoms with Gasteiger partial charge in [-0.2, -0.15) is 0 Å². The summed E-state index contributed by atoms with van der Waals surface area (Å²) < 4.78 is 5.43. The van der Waals surface area contributed by atoms with Crippen molar-refractivity contribution >= 4 is 29.2 Å². The summed E-state index contributed by atoms with van der Waals surface area (Å²) >= 11 is 0. The fourth-order valence-electron chi connectivity index (χ4n) is 4.03. The van der Waals surface area contributed by atoms with Crippen LogP contribution in [0.3, 0.4) is 0 Å². The van der Waals surface area contributed by atoms with Gasteiger partial charge in [0.15, 0.2) is 5.69 Å². The highest BCUT2D eigenvalue weighted by Crippen LogP contribution is 2.27. The molecule has 178 valence electrons. The molecule has 3 rings (SSSR count). The number of carbonyl (C=O) groups excluding carboxylic acids is 2. The highest BCUT2D eigenvalue weighted by molar-refractivity contribution is 5.97. The molecule has 0 aromatic carbocycles. The van der Waals surface area contributed by atoms with E-state index < -0.39 is 17.6 Å². The Kier molecular flexibility index (Phi) is 7.40. The van der Waals surface area contributed by atoms with Crippen molar-refractivity contribution in [1.82, 2.24) is 15.3 Å². The minimum Gasteiger partial charge on any atom is -0.444 e. The summed E-state index contributed by atoms with van der Waals surface area (Å²) in [4.78, 5) is 33.0. The molecule has 0 spiro atoms. The molecule has 1 saturated carbocycles. The van der Waals surface area contributed by atoms with Crippen molar-refractivity contribution in [3.05, 3.63) is 41.3 Å². The Morgan fingerprint density at radius 1 is 1.09 bits per heavy atom. The molecule has 2 aromatic heterocycles. The maximum absolute atomic E-state index is 12.3. The zero-order valence-electron chi connectivity index (χ0n) is 20.0. The van der Waals surface area contributed by atoms with E-state index in [2.05, 4.69) is 25.9 Å². The fraction of sp³-hybridized carbons (Fsp3) is 0.500. The van der Waals surface area contributed by atoms with Crippen LogP contribution < -0.4 is 21.7 Å². The van der Waals surface area contributed by atoms with Gasteiger partial charge in [0.05, 0.1) is 23.6 Å². The monoisotopic (exact) mass is 454 g/mol. The van der Waals surface area contributed by atoms with Crippen LogP contribution >= 0.6 is 0 Å². The van der Waals surface area contributed by atoms with E-state index in [1.54, 1.807) is 12.3 Å². The molecule has 2 heterocycles. The summed E-state index contributed by atoms with van der Waals surface area (Å²) in [7, 11) is 0. The van der Waals surface area contributed by atoms with Crippen molar-refractivity contribution in [3.8, 4) is 0 Å². The van der Waals surface area contributed by atoms with Crippen LogP contribution in [0.25, 0.3) is 0 Å². The SMILES string of the molecule is Cc1cc(C)nc(Nc2cc(N[C@@H]3CCCC[C@@H]3NC(=O)OC(C)(C)C)cnc2C(N)=O)c1. The van der Waals surface area contributed by atoms with E-state index in [0.717, 1.165) is 42.6 Å². The number of aryl methyl sites for hydroxylation is 2. The second kappa shape index (κ2) is 10.1. The fourth-order valence-corrected chi connectivity index (χ4v) is 4.03. The maximum atomic E-state index is 12.3. The average Bonchev–Trinajstić information content (AvgIpc) is 2.67. The van der Waals surface area contributed by atoms with Gasteiger partial charge in [0.25, 0.3) is 5.91 Å². The minimum absolute atomic E-state index is 0.000291. The van der Waals surface area contributed by atoms with Crippen molar-refractivity contribution in [2.24, 2.45) is 5.73 Å². The predicted octanol–water partition coefficient (Wildman–Crippen LogP) is 4.18. The van der Waals surface area contributed by atoms with Gasteiger partial charge in [-0.25, -0.2) is 14.8 Å². The van der Waals surface area contributed by atoms with E-state index in [0.29, 0.717) is 11.5 Å². The molecule has 2 atom stereocenters. The summed E-state index contributed by atoms with van der Waals surface area (Å²) in [5, 5.41) is 9.65. The summed E-state index contributed by atoms with van der Waals surface area (Å²) in [6.45, 7) is 9.41. The first-order valence-electron chi connectivity index (χ1n) is 11.3. The minimum atomic E-state index is -0.629. The zero-order chi connectivity index (χ0) is 24.2. The number of hydrogen-bond acceptors (Lipinski definition) is 7. The smallest absolute Gasteiger partial charge is 0.407 e. The highest BCUT2D eigenvalue weighted by Gasteiger charge is 2.28. The lowest BCUT2D eigenvalue weighted by atomic mass is 9.90. The van der Waals surface area contributed by atoms with E-state index >= 15 is 0 Å². The molecule has 5 N–H and O–H groups in total. The number of ether oxygens (including phenoxy) is 1. The number of nitrogens with one attached hydrogen (secondary N) is 3. The van der Waals surface area contributed by atoms with Gasteiger partial charge in [-0.1, -0.05) is 12.8 Å². The molecule has 9 nitrogen and oxygen atoms in total. The van der Waals surface area contributed by atoms with E-state index in [-0.39, 0.29) is 17.8 Å². The Balaban J connectivity index is 1.79. The van der Waals surface area contributed by atoms with Crippen molar-refractivity contribution in [1.29, 1.82) is 0 Å². The molecule has 0 bridgehead atoms. The number of primary amides is 1. The lowest BCUT2D eigenvalue weighted by Gasteiger charge is -2.34. The van der Waals surface area contributed by atoms with Crippen molar-refractivity contribution in [2.75, 3.05) is 10.6 Å². The Morgan fingerprint density at radius 2 is 1.79 bits per heavy atom. The Hall–Kier alpha value is -3.36. The lowest BCUT2D eigenvalue weighted by molar-refractivity contribution is 0.0488. The maximum Gasteiger partial charge on any atom is 0.407 e. The number of anilines is 3. The van der Waals surface area contributed by atoms with Crippen molar-refractivity contribution < 1.29 is 14.3 Å². The zero-order valence-corrected chi connectivity index (χ0v) is 20.0. The summed E-state index contributed by atoms with van der Waals surface area (Å²) in [6, 6.07) is 5.57. The second-order valence-corrected chi connectivity index (χ2v) is 9.57. The standard InChI is InChI=1S/C24H34N6O3/c1-14-10-15(2)27-20(11-14)29-19-12-16(13-26-21(19)22(25)31)28-17-8-6-7-9-18(17)30-23(32)33-24(3,4)5/h10-13,17-18,28H,6-9H2,1-5H3,(H2,25,31)(H,27,29)(H,30,32)/t17-,18+/m1/s1. The largest absolute Gasteiger partial charge is 0.444 e. The number of carbonyl (C=O) groups is 2. The molecule has 0 unspecified atom stereocenters. The Bertz CT molecular complexity index is 997. The number of hydrogen-bond donors (Lipinski definition) is 4. The van der Waals surface area contributed by atoms with E-state index in [9.17, 15) is 9.59 Å². The van der Waals surface area contributed by atoms with Gasteiger partial charge >= 0.3 is 6.09 Å². The average molecular weight is 455 g/mol. The van der Waals surface area contributed by atoms with Gasteiger partial charge in [-0.3, -0.25) is 4.79 Å². The molecular formula is C24H34N6O3. The molecule has 0 radical (unpaired) electrons. The first kappa shape index (κ1) is 24.3. The number of pyridine rings is 2. The molecule has 2 amide bonds. The van der Waals surface area contributed by atoms with Crippen LogP contribution in [0.5, 0.6) is 0 Å². The van der Waals surface area contributed by atoms with E-state index in [4.69, 9.17) is 10.5 Å². The molecule has 1 aliphatic carbocycles. The lowest BCUT2D eigenvalue weighted by Crippen LogP contribution is -2.49. The van der Waals surface area contributed by atoms with E-state index in [1.807, 2.05) is 46.8 Å². The van der Waals surface area contributed by atoms with Gasteiger partial charge in [0.1, 0.15) is 11.4 Å². The van der Waals surface area contributed by atoms with Crippen molar-refractivity contribution in [2.45, 2.75) is 78.0 Å². The molecule has 1 aliphatic rings. The van der Waals surface area contributed by atoms with Crippen LogP contribution in [0.1, 0.15) is 68.2 Å². The third-order valence-electron chi connectivity index (χ3n) is 5.30. The van der Waals surface area contributed by atoms with Gasteiger partial charge in [-0.05, 0) is 71.2 Å². The van der Waals surface area contributed by atoms with Crippen LogP contribution in [0.4, 0.5) is 22.0 Å². The molecule has 0 aliphatic heterocycles. The molecule has 9 heteroatoms. The van der Waals surface area contributed by atoms with E-state index in [1.165, 1.54) is 0 Å². The quantitative estimate of drug-likeness (QED) is 0.515. The molecule has 0 saturated heterocycles. The first-order chi connectivity index (χ1) is 15.5. The third kappa shape index (κ3) is 7.06. The highest BCUT2D eigenvalue weighted by atomic mass is 16.6. The third-order valence-corrected chi connectivity index (χ3v) is 5.30. The topological polar surface area (TPSA) is 131 Å². The summed E-state index contributed by atoms with van der Waals surface area (Å²) in [5.41, 5.74) is 8.22. The Labute approximate surface area is 194 Å². The van der Waals surface area contributed by atoms with Crippen LogP contribution in [-0.4, -0.2) is 39.7 Å². The predicted molar refractivity (Wildman–Crippen MR) is 129 cm³/mol. The molecule has 2 aromatic rings. The second-order valence-electron chi connectivity index (χ2n) is 9.57. The summed E-state index contributed by atoms with van der Waals surface area (Å²) in [5.74, 6) is -0.0216. The number of alkyl carbamates (subject to hydrolysis) is 1. The number of rotatable bonds is 6. The van der Waals surface area contributed by atoms with Gasteiger partial charge < -0.3 is 26.4 Å². The van der Waals surface area contributed by atoms with Crippen LogP contribution in [-0.2, 0) is 4.74 Å².